The molecule has 2 aliphatic heterocycles. The van der Waals surface area contributed by atoms with Crippen molar-refractivity contribution in [3.63, 3.8) is 0 Å². The Labute approximate surface area is 179 Å². The summed E-state index contributed by atoms with van der Waals surface area (Å²) < 4.78 is 27.8. The lowest BCUT2D eigenvalue weighted by Gasteiger charge is -2.30. The lowest BCUT2D eigenvalue weighted by molar-refractivity contribution is 0.409. The van der Waals surface area contributed by atoms with Gasteiger partial charge in [-0.05, 0) is 59.5 Å². The maximum absolute atomic E-state index is 13.4. The van der Waals surface area contributed by atoms with Gasteiger partial charge in [0.25, 0.3) is 0 Å². The number of fused-ring (bicyclic) bond motifs is 3. The standard InChI is InChI=1S/C23H23BrN2O2S/c24-18-7-9-19(10-8-18)29(27,28)23-21-12-11-20(26-21)22(23)25-14-15-5-6-16-3-1-2-4-17(16)13-15/h1-10,13,20-23,25-26H,11-12,14H2/t20-,21+,22-,23-/m0/s1. The number of benzene rings is 3. The fourth-order valence-electron chi connectivity index (χ4n) is 4.86. The van der Waals surface area contributed by atoms with Crippen LogP contribution in [0.2, 0.25) is 0 Å². The van der Waals surface area contributed by atoms with Gasteiger partial charge in [-0.1, -0.05) is 52.3 Å². The highest BCUT2D eigenvalue weighted by atomic mass is 79.9. The van der Waals surface area contributed by atoms with Gasteiger partial charge in [0.15, 0.2) is 9.84 Å². The summed E-state index contributed by atoms with van der Waals surface area (Å²) >= 11 is 3.39. The van der Waals surface area contributed by atoms with Gasteiger partial charge in [0.1, 0.15) is 0 Å². The van der Waals surface area contributed by atoms with Crippen molar-refractivity contribution in [3.05, 3.63) is 76.8 Å². The van der Waals surface area contributed by atoms with E-state index in [9.17, 15) is 8.42 Å². The molecule has 2 N–H and O–H groups in total. The summed E-state index contributed by atoms with van der Waals surface area (Å²) in [5, 5.41) is 9.09. The van der Waals surface area contributed by atoms with E-state index in [-0.39, 0.29) is 18.1 Å². The second kappa shape index (κ2) is 7.51. The number of hydrogen-bond acceptors (Lipinski definition) is 4. The molecule has 2 heterocycles. The van der Waals surface area contributed by atoms with E-state index >= 15 is 0 Å². The number of sulfone groups is 1. The van der Waals surface area contributed by atoms with Gasteiger partial charge < -0.3 is 10.6 Å². The van der Waals surface area contributed by atoms with E-state index in [2.05, 4.69) is 56.9 Å². The molecule has 3 aromatic rings. The van der Waals surface area contributed by atoms with Gasteiger partial charge in [-0.3, -0.25) is 0 Å². The van der Waals surface area contributed by atoms with E-state index < -0.39 is 15.1 Å². The van der Waals surface area contributed by atoms with Crippen LogP contribution in [0.5, 0.6) is 0 Å². The third-order valence-electron chi connectivity index (χ3n) is 6.26. The van der Waals surface area contributed by atoms with E-state index in [1.165, 1.54) is 16.3 Å². The first kappa shape index (κ1) is 19.2. The summed E-state index contributed by atoms with van der Waals surface area (Å²) in [5.41, 5.74) is 1.17. The summed E-state index contributed by atoms with van der Waals surface area (Å²) in [6.07, 6.45) is 1.94. The van der Waals surface area contributed by atoms with Gasteiger partial charge in [0.05, 0.1) is 10.1 Å². The van der Waals surface area contributed by atoms with Crippen molar-refractivity contribution in [1.29, 1.82) is 0 Å². The molecule has 0 aromatic heterocycles. The SMILES string of the molecule is O=S(=O)(c1ccc(Br)cc1)[C@@H]1[C@@H](NCc2ccc3ccccc3c2)[C@@H]2CC[C@H]1N2. The van der Waals surface area contributed by atoms with Crippen molar-refractivity contribution in [2.75, 3.05) is 0 Å². The van der Waals surface area contributed by atoms with Crippen LogP contribution in [0.25, 0.3) is 10.8 Å². The predicted molar refractivity (Wildman–Crippen MR) is 120 cm³/mol. The lowest BCUT2D eigenvalue weighted by Crippen LogP contribution is -2.50. The van der Waals surface area contributed by atoms with E-state index in [1.54, 1.807) is 24.3 Å². The largest absolute Gasteiger partial charge is 0.308 e. The molecule has 0 aliphatic carbocycles. The molecule has 4 atom stereocenters. The maximum Gasteiger partial charge on any atom is 0.184 e. The minimum Gasteiger partial charge on any atom is -0.308 e. The molecular formula is C23H23BrN2O2S. The molecule has 0 spiro atoms. The van der Waals surface area contributed by atoms with Crippen molar-refractivity contribution in [3.8, 4) is 0 Å². The molecule has 2 saturated heterocycles. The van der Waals surface area contributed by atoms with Gasteiger partial charge in [0.2, 0.25) is 0 Å². The molecule has 0 unspecified atom stereocenters. The first-order valence-corrected chi connectivity index (χ1v) is 12.3. The number of halogens is 1. The summed E-state index contributed by atoms with van der Waals surface area (Å²) in [4.78, 5) is 0.401. The van der Waals surface area contributed by atoms with Crippen LogP contribution in [-0.2, 0) is 16.4 Å². The van der Waals surface area contributed by atoms with Gasteiger partial charge in [-0.2, -0.15) is 0 Å². The molecule has 0 radical (unpaired) electrons. The van der Waals surface area contributed by atoms with Crippen LogP contribution in [0.15, 0.2) is 76.1 Å². The smallest absolute Gasteiger partial charge is 0.184 e. The monoisotopic (exact) mass is 470 g/mol. The third kappa shape index (κ3) is 3.52. The Morgan fingerprint density at radius 2 is 1.66 bits per heavy atom. The van der Waals surface area contributed by atoms with Crippen LogP contribution in [0.3, 0.4) is 0 Å². The zero-order valence-corrected chi connectivity index (χ0v) is 18.3. The Balaban J connectivity index is 1.40. The van der Waals surface area contributed by atoms with Gasteiger partial charge in [0, 0.05) is 29.1 Å². The van der Waals surface area contributed by atoms with Gasteiger partial charge in [-0.15, -0.1) is 0 Å². The second-order valence-electron chi connectivity index (χ2n) is 8.01. The average Bonchev–Trinajstić information content (AvgIpc) is 3.34. The number of rotatable bonds is 5. The Morgan fingerprint density at radius 1 is 0.931 bits per heavy atom. The molecule has 150 valence electrons. The van der Waals surface area contributed by atoms with Crippen LogP contribution >= 0.6 is 15.9 Å². The highest BCUT2D eigenvalue weighted by molar-refractivity contribution is 9.10. The first-order chi connectivity index (χ1) is 14.0. The average molecular weight is 471 g/mol. The molecule has 29 heavy (non-hydrogen) atoms. The van der Waals surface area contributed by atoms with E-state index in [0.29, 0.717) is 11.4 Å². The summed E-state index contributed by atoms with van der Waals surface area (Å²) in [6, 6.07) is 21.8. The zero-order chi connectivity index (χ0) is 20.0. The Kier molecular flexibility index (Phi) is 4.98. The molecule has 3 aromatic carbocycles. The molecule has 6 heteroatoms. The minimum atomic E-state index is -3.42. The van der Waals surface area contributed by atoms with Crippen molar-refractivity contribution >= 4 is 36.5 Å². The van der Waals surface area contributed by atoms with Crippen molar-refractivity contribution < 1.29 is 8.42 Å². The maximum atomic E-state index is 13.4. The van der Waals surface area contributed by atoms with E-state index in [0.717, 1.165) is 17.3 Å². The number of hydrogen-bond donors (Lipinski definition) is 2. The van der Waals surface area contributed by atoms with Crippen LogP contribution in [-0.4, -0.2) is 31.8 Å². The highest BCUT2D eigenvalue weighted by Gasteiger charge is 2.53. The molecule has 2 aliphatic rings. The van der Waals surface area contributed by atoms with Crippen LogP contribution in [0.4, 0.5) is 0 Å². The highest BCUT2D eigenvalue weighted by Crippen LogP contribution is 2.36. The lowest BCUT2D eigenvalue weighted by atomic mass is 9.94. The van der Waals surface area contributed by atoms with Gasteiger partial charge >= 0.3 is 0 Å². The van der Waals surface area contributed by atoms with Crippen LogP contribution in [0, 0.1) is 0 Å². The molecule has 0 amide bonds. The summed E-state index contributed by atoms with van der Waals surface area (Å²) in [6.45, 7) is 0.659. The summed E-state index contributed by atoms with van der Waals surface area (Å²) in [7, 11) is -3.42. The number of nitrogens with one attached hydrogen (secondary N) is 2. The van der Waals surface area contributed by atoms with E-state index in [1.807, 2.05) is 12.1 Å². The van der Waals surface area contributed by atoms with Crippen molar-refractivity contribution in [2.45, 2.75) is 47.7 Å². The first-order valence-electron chi connectivity index (χ1n) is 9.99. The third-order valence-corrected chi connectivity index (χ3v) is 9.05. The molecule has 4 nitrogen and oxygen atoms in total. The fraction of sp³-hybridized carbons (Fsp3) is 0.304. The fourth-order valence-corrected chi connectivity index (χ4v) is 7.27. The molecular weight excluding hydrogens is 448 g/mol. The van der Waals surface area contributed by atoms with Crippen molar-refractivity contribution in [1.82, 2.24) is 10.6 Å². The topological polar surface area (TPSA) is 58.2 Å². The van der Waals surface area contributed by atoms with Gasteiger partial charge in [-0.25, -0.2) is 8.42 Å². The van der Waals surface area contributed by atoms with Crippen LogP contribution in [0.1, 0.15) is 18.4 Å². The quantitative estimate of drug-likeness (QED) is 0.590. The molecule has 2 fully saturated rings. The Bertz CT molecular complexity index is 1150. The normalized spacial score (nSPS) is 26.2. The molecule has 5 rings (SSSR count). The van der Waals surface area contributed by atoms with Crippen LogP contribution < -0.4 is 10.6 Å². The summed E-state index contributed by atoms with van der Waals surface area (Å²) in [5.74, 6) is 0. The van der Waals surface area contributed by atoms with E-state index in [4.69, 9.17) is 0 Å². The zero-order valence-electron chi connectivity index (χ0n) is 15.9. The molecule has 2 bridgehead atoms. The molecule has 0 saturated carbocycles. The van der Waals surface area contributed by atoms with Crippen molar-refractivity contribution in [2.24, 2.45) is 0 Å². The minimum absolute atomic E-state index is 0.0164. The second-order valence-corrected chi connectivity index (χ2v) is 11.0. The predicted octanol–water partition coefficient (Wildman–Crippen LogP) is 4.04. The Hall–Kier alpha value is -1.73. The Morgan fingerprint density at radius 3 is 2.45 bits per heavy atom.